The van der Waals surface area contributed by atoms with Gasteiger partial charge in [0.05, 0.1) is 0 Å². The minimum Gasteiger partial charge on any atom is -0.427 e. The van der Waals surface area contributed by atoms with Crippen LogP contribution in [0.4, 0.5) is 0 Å². The van der Waals surface area contributed by atoms with Crippen molar-refractivity contribution in [3.05, 3.63) is 22.9 Å². The minimum absolute atomic E-state index is 1.17. The number of hydrogen-bond donors (Lipinski definition) is 2. The van der Waals surface area contributed by atoms with Crippen molar-refractivity contribution in [1.82, 2.24) is 0 Å². The van der Waals surface area contributed by atoms with Gasteiger partial charge in [0, 0.05) is 0 Å². The normalized spacial score (nSPS) is 6.08. The van der Waals surface area contributed by atoms with E-state index in [-0.39, 0.29) is 0 Å². The van der Waals surface area contributed by atoms with Gasteiger partial charge in [-0.2, -0.15) is 11.3 Å². The Morgan fingerprint density at radius 1 is 0.923 bits per heavy atom. The average Bonchev–Trinajstić information content (AvgIpc) is 2.67. The van der Waals surface area contributed by atoms with E-state index >= 15 is 0 Å². The number of rotatable bonds is 0. The molecule has 1 heterocycles. The van der Waals surface area contributed by atoms with E-state index in [0.717, 1.165) is 0 Å². The molecule has 78 valence electrons. The van der Waals surface area contributed by atoms with Gasteiger partial charge in [-0.25, -0.2) is 0 Å². The first-order valence-electron chi connectivity index (χ1n) is 4.57. The Kier molecular flexibility index (Phi) is 32.1. The van der Waals surface area contributed by atoms with Gasteiger partial charge in [-0.3, -0.25) is 0 Å². The maximum atomic E-state index is 7.61. The van der Waals surface area contributed by atoms with Crippen LogP contribution < -0.4 is 0 Å². The lowest BCUT2D eigenvalue weighted by atomic mass is 9.99. The van der Waals surface area contributed by atoms with Crippen LogP contribution in [0, 0.1) is 0 Å². The van der Waals surface area contributed by atoms with Gasteiger partial charge in [-0.05, 0) is 17.6 Å². The molecule has 0 aromatic carbocycles. The fraction of sp³-hybridized carbons (Fsp3) is 0.556. The molecule has 0 bridgehead atoms. The van der Waals surface area contributed by atoms with Crippen molar-refractivity contribution >= 4 is 18.5 Å². The Balaban J connectivity index is -0.000000114. The molecule has 0 aliphatic heterocycles. The van der Waals surface area contributed by atoms with Gasteiger partial charge in [0.25, 0.3) is 0 Å². The maximum Gasteiger partial charge on any atom is 0.448 e. The molecule has 0 aliphatic rings. The molecule has 0 radical (unpaired) electrons. The second-order valence-electron chi connectivity index (χ2n) is 1.43. The Morgan fingerprint density at radius 3 is 1.23 bits per heavy atom. The van der Waals surface area contributed by atoms with Crippen LogP contribution in [0.15, 0.2) is 22.9 Å². The van der Waals surface area contributed by atoms with Crippen molar-refractivity contribution in [3.63, 3.8) is 0 Å². The quantitative estimate of drug-likeness (QED) is 0.638. The van der Waals surface area contributed by atoms with E-state index in [1.54, 1.807) is 11.3 Å². The Bertz CT molecular complexity index is 101. The van der Waals surface area contributed by atoms with Crippen LogP contribution in [0.5, 0.6) is 0 Å². The van der Waals surface area contributed by atoms with E-state index in [4.69, 9.17) is 10.0 Å². The molecule has 0 aliphatic carbocycles. The third kappa shape index (κ3) is 49.9. The third-order valence-corrected chi connectivity index (χ3v) is 1.05. The summed E-state index contributed by atoms with van der Waals surface area (Å²) in [5, 5.41) is 19.3. The largest absolute Gasteiger partial charge is 0.448 e. The van der Waals surface area contributed by atoms with Gasteiger partial charge in [-0.1, -0.05) is 39.8 Å². The minimum atomic E-state index is -1.17. The molecule has 1 rings (SSSR count). The van der Waals surface area contributed by atoms with Crippen molar-refractivity contribution in [2.75, 3.05) is 0 Å². The summed E-state index contributed by atoms with van der Waals surface area (Å²) in [7, 11) is -1.17. The molecule has 0 atom stereocenters. The highest BCUT2D eigenvalue weighted by atomic mass is 32.1. The van der Waals surface area contributed by atoms with Crippen LogP contribution in [-0.4, -0.2) is 17.2 Å². The van der Waals surface area contributed by atoms with Crippen molar-refractivity contribution in [3.8, 4) is 0 Å². The summed E-state index contributed by atoms with van der Waals surface area (Å²) >= 11 is 1.71. The summed E-state index contributed by atoms with van der Waals surface area (Å²) in [4.78, 5) is 0. The monoisotopic (exact) mass is 204 g/mol. The molecule has 13 heavy (non-hydrogen) atoms. The SMILES string of the molecule is CB(O)O.CC.CC.c1ccsc1. The zero-order chi connectivity index (χ0) is 11.1. The lowest BCUT2D eigenvalue weighted by Gasteiger charge is -1.71. The van der Waals surface area contributed by atoms with Gasteiger partial charge in [-0.15, -0.1) is 0 Å². The summed E-state index contributed by atoms with van der Waals surface area (Å²) in [6.07, 6.45) is 0. The lowest BCUT2D eigenvalue weighted by molar-refractivity contribution is 0.417. The first-order chi connectivity index (χ1) is 6.23. The average molecular weight is 204 g/mol. The zero-order valence-corrected chi connectivity index (χ0v) is 10.0. The van der Waals surface area contributed by atoms with Gasteiger partial charge < -0.3 is 10.0 Å². The summed E-state index contributed by atoms with van der Waals surface area (Å²) in [6.45, 7) is 9.28. The predicted octanol–water partition coefficient (Wildman–Crippen LogP) is 2.89. The summed E-state index contributed by atoms with van der Waals surface area (Å²) in [6, 6.07) is 4.04. The van der Waals surface area contributed by atoms with E-state index in [1.807, 2.05) is 50.6 Å². The fourth-order valence-electron chi connectivity index (χ4n) is 0.227. The molecule has 2 nitrogen and oxygen atoms in total. The van der Waals surface area contributed by atoms with E-state index in [9.17, 15) is 0 Å². The van der Waals surface area contributed by atoms with E-state index in [1.165, 1.54) is 6.82 Å². The van der Waals surface area contributed by atoms with Crippen molar-refractivity contribution in [2.45, 2.75) is 34.5 Å². The molecule has 0 spiro atoms. The molecular formula is C9H21BO2S. The number of hydrogen-bond acceptors (Lipinski definition) is 3. The zero-order valence-electron chi connectivity index (χ0n) is 9.19. The second-order valence-corrected chi connectivity index (χ2v) is 2.24. The van der Waals surface area contributed by atoms with Crippen LogP contribution in [-0.2, 0) is 0 Å². The maximum absolute atomic E-state index is 7.61. The molecule has 1 aromatic rings. The molecule has 0 unspecified atom stereocenters. The highest BCUT2D eigenvalue weighted by molar-refractivity contribution is 7.07. The molecule has 0 fully saturated rings. The highest BCUT2D eigenvalue weighted by Gasteiger charge is 1.86. The fourth-order valence-corrected chi connectivity index (χ4v) is 0.680. The first kappa shape index (κ1) is 18.5. The van der Waals surface area contributed by atoms with Crippen molar-refractivity contribution in [2.24, 2.45) is 0 Å². The van der Waals surface area contributed by atoms with Gasteiger partial charge in [0.15, 0.2) is 0 Å². The topological polar surface area (TPSA) is 40.5 Å². The lowest BCUT2D eigenvalue weighted by Crippen LogP contribution is -2.00. The first-order valence-corrected chi connectivity index (χ1v) is 5.51. The van der Waals surface area contributed by atoms with Crippen LogP contribution >= 0.6 is 11.3 Å². The Hall–Kier alpha value is -0.315. The van der Waals surface area contributed by atoms with Crippen molar-refractivity contribution < 1.29 is 10.0 Å². The van der Waals surface area contributed by atoms with Gasteiger partial charge in [0.2, 0.25) is 0 Å². The van der Waals surface area contributed by atoms with E-state index in [2.05, 4.69) is 0 Å². The van der Waals surface area contributed by atoms with E-state index in [0.29, 0.717) is 0 Å². The van der Waals surface area contributed by atoms with Gasteiger partial charge >= 0.3 is 7.12 Å². The van der Waals surface area contributed by atoms with Gasteiger partial charge in [0.1, 0.15) is 0 Å². The van der Waals surface area contributed by atoms with E-state index < -0.39 is 7.12 Å². The van der Waals surface area contributed by atoms with Crippen LogP contribution in [0.1, 0.15) is 27.7 Å². The Labute approximate surface area is 86.4 Å². The van der Waals surface area contributed by atoms with Crippen LogP contribution in [0.25, 0.3) is 0 Å². The molecule has 2 N–H and O–H groups in total. The molecule has 1 aromatic heterocycles. The molecule has 0 amide bonds. The summed E-state index contributed by atoms with van der Waals surface area (Å²) in [5.74, 6) is 0. The van der Waals surface area contributed by atoms with Crippen molar-refractivity contribution in [1.29, 1.82) is 0 Å². The third-order valence-electron chi connectivity index (χ3n) is 0.425. The molecular weight excluding hydrogens is 183 g/mol. The highest BCUT2D eigenvalue weighted by Crippen LogP contribution is 1.91. The smallest absolute Gasteiger partial charge is 0.427 e. The molecule has 0 saturated heterocycles. The van der Waals surface area contributed by atoms with Crippen LogP contribution in [0.2, 0.25) is 6.82 Å². The standard InChI is InChI=1S/C4H4S.2C2H6.CH5BO2/c1-2-4-5-3-1;2*1-2;1-2(3)4/h1-4H;2*1-2H3;3-4H,1H3. The van der Waals surface area contributed by atoms with Crippen LogP contribution in [0.3, 0.4) is 0 Å². The second kappa shape index (κ2) is 22.6. The summed E-state index contributed by atoms with van der Waals surface area (Å²) in [5.41, 5.74) is 0. The summed E-state index contributed by atoms with van der Waals surface area (Å²) < 4.78 is 0. The molecule has 4 heteroatoms. The molecule has 0 saturated carbocycles. The Morgan fingerprint density at radius 2 is 1.15 bits per heavy atom. The predicted molar refractivity (Wildman–Crippen MR) is 63.1 cm³/mol. The number of thiophene rings is 1.